The Morgan fingerprint density at radius 3 is 2.32 bits per heavy atom. The number of guanidine groups is 1. The Balaban J connectivity index is 5.04. The molecule has 126 valence electrons. The molecule has 0 aromatic carbocycles. The van der Waals surface area contributed by atoms with E-state index in [0.29, 0.717) is 0 Å². The highest BCUT2D eigenvalue weighted by Crippen LogP contribution is 2.15. The zero-order valence-electron chi connectivity index (χ0n) is 12.7. The van der Waals surface area contributed by atoms with Gasteiger partial charge >= 0.3 is 12.1 Å². The van der Waals surface area contributed by atoms with Crippen molar-refractivity contribution in [3.63, 3.8) is 0 Å². The van der Waals surface area contributed by atoms with Crippen LogP contribution in [0.3, 0.4) is 0 Å². The number of nitrogens with two attached hydrogens (primary N) is 2. The molecule has 0 aliphatic heterocycles. The maximum absolute atomic E-state index is 11.8. The summed E-state index contributed by atoms with van der Waals surface area (Å²) in [7, 11) is 0. The van der Waals surface area contributed by atoms with E-state index in [-0.39, 0.29) is 30.4 Å². The standard InChI is InChI=1S/C11H21N5O6/c1-11(2,3)22-10(19)15(16(20)21)7(8(17)18)5-4-6-14-9(12)13/h7H,4-6H2,1-3H3,(H,17,18)(H4,12,13,14)/t7-/m1/s1. The Labute approximate surface area is 127 Å². The van der Waals surface area contributed by atoms with Crippen LogP contribution >= 0.6 is 0 Å². The lowest BCUT2D eigenvalue weighted by Gasteiger charge is -2.24. The molecular weight excluding hydrogens is 298 g/mol. The average molecular weight is 319 g/mol. The Hall–Kier alpha value is -2.59. The van der Waals surface area contributed by atoms with Gasteiger partial charge in [-0.2, -0.15) is 0 Å². The lowest BCUT2D eigenvalue weighted by molar-refractivity contribution is -0.641. The molecule has 0 saturated heterocycles. The predicted octanol–water partition coefficient (Wildman–Crippen LogP) is -0.0780. The molecule has 0 fully saturated rings. The maximum atomic E-state index is 11.8. The van der Waals surface area contributed by atoms with Crippen LogP contribution in [0.15, 0.2) is 4.99 Å². The number of nitro groups is 1. The second-order valence-electron chi connectivity index (χ2n) is 5.37. The van der Waals surface area contributed by atoms with E-state index in [1.807, 2.05) is 0 Å². The van der Waals surface area contributed by atoms with Crippen LogP contribution in [-0.4, -0.2) is 51.4 Å². The van der Waals surface area contributed by atoms with Crippen molar-refractivity contribution in [1.29, 1.82) is 0 Å². The van der Waals surface area contributed by atoms with Crippen molar-refractivity contribution >= 4 is 18.0 Å². The number of carboxylic acids is 1. The van der Waals surface area contributed by atoms with Crippen LogP contribution in [0.1, 0.15) is 33.6 Å². The molecule has 0 saturated carbocycles. The van der Waals surface area contributed by atoms with E-state index in [4.69, 9.17) is 21.3 Å². The Bertz CT molecular complexity index is 454. The number of carboxylic acid groups (broad SMARTS) is 1. The van der Waals surface area contributed by atoms with E-state index in [1.54, 1.807) is 0 Å². The number of nitrogens with zero attached hydrogens (tertiary/aromatic N) is 3. The van der Waals surface area contributed by atoms with E-state index in [0.717, 1.165) is 0 Å². The minimum Gasteiger partial charge on any atom is -0.480 e. The molecule has 0 radical (unpaired) electrons. The molecule has 0 heterocycles. The van der Waals surface area contributed by atoms with Crippen LogP contribution in [0.2, 0.25) is 0 Å². The fourth-order valence-electron chi connectivity index (χ4n) is 1.46. The van der Waals surface area contributed by atoms with Crippen LogP contribution < -0.4 is 11.5 Å². The van der Waals surface area contributed by atoms with Crippen LogP contribution in [0, 0.1) is 10.1 Å². The van der Waals surface area contributed by atoms with E-state index < -0.39 is 28.7 Å². The highest BCUT2D eigenvalue weighted by atomic mass is 16.7. The van der Waals surface area contributed by atoms with E-state index in [1.165, 1.54) is 20.8 Å². The van der Waals surface area contributed by atoms with Crippen molar-refractivity contribution in [2.45, 2.75) is 45.3 Å². The fraction of sp³-hybridized carbons (Fsp3) is 0.727. The van der Waals surface area contributed by atoms with Gasteiger partial charge < -0.3 is 21.3 Å². The van der Waals surface area contributed by atoms with Gasteiger partial charge in [-0.3, -0.25) is 4.99 Å². The first-order valence-electron chi connectivity index (χ1n) is 6.40. The van der Waals surface area contributed by atoms with Crippen molar-refractivity contribution in [3.8, 4) is 0 Å². The number of amides is 1. The van der Waals surface area contributed by atoms with Gasteiger partial charge in [0.1, 0.15) is 5.60 Å². The Morgan fingerprint density at radius 1 is 1.41 bits per heavy atom. The number of rotatable bonds is 7. The van der Waals surface area contributed by atoms with Gasteiger partial charge in [0.25, 0.3) is 0 Å². The van der Waals surface area contributed by atoms with Gasteiger partial charge in [0.05, 0.1) is 0 Å². The molecule has 22 heavy (non-hydrogen) atoms. The second-order valence-corrected chi connectivity index (χ2v) is 5.37. The Morgan fingerprint density at radius 2 is 1.95 bits per heavy atom. The molecule has 11 nitrogen and oxygen atoms in total. The highest BCUT2D eigenvalue weighted by Gasteiger charge is 2.41. The number of hydrogen-bond acceptors (Lipinski definition) is 6. The first kappa shape index (κ1) is 19.4. The summed E-state index contributed by atoms with van der Waals surface area (Å²) in [6, 6.07) is -1.68. The van der Waals surface area contributed by atoms with Crippen LogP contribution in [0.5, 0.6) is 0 Å². The second kappa shape index (κ2) is 8.00. The normalized spacial score (nSPS) is 12.1. The third-order valence-corrected chi connectivity index (χ3v) is 2.27. The van der Waals surface area contributed by atoms with Crippen LogP contribution in [0.25, 0.3) is 0 Å². The molecular formula is C11H21N5O6. The maximum Gasteiger partial charge on any atom is 0.469 e. The molecule has 0 aliphatic rings. The number of aliphatic imine (C=N–C) groups is 1. The molecule has 0 rings (SSSR count). The predicted molar refractivity (Wildman–Crippen MR) is 76.4 cm³/mol. The van der Waals surface area contributed by atoms with Crippen molar-refractivity contribution in [1.82, 2.24) is 5.01 Å². The minimum atomic E-state index is -1.68. The number of ether oxygens (including phenoxy) is 1. The van der Waals surface area contributed by atoms with E-state index in [2.05, 4.69) is 4.99 Å². The molecule has 0 aliphatic carbocycles. The molecule has 11 heteroatoms. The summed E-state index contributed by atoms with van der Waals surface area (Å²) in [5.41, 5.74) is 9.23. The van der Waals surface area contributed by atoms with Gasteiger partial charge in [-0.05, 0) is 38.6 Å². The SMILES string of the molecule is CC(C)(C)OC(=O)N([C@H](CCCN=C(N)N)C(=O)O)[N+](=O)[O-]. The molecule has 1 atom stereocenters. The number of carbonyl (C=O) groups is 2. The van der Waals surface area contributed by atoms with E-state index >= 15 is 0 Å². The lowest BCUT2D eigenvalue weighted by atomic mass is 10.1. The van der Waals surface area contributed by atoms with Gasteiger partial charge in [0, 0.05) is 6.54 Å². The van der Waals surface area contributed by atoms with E-state index in [9.17, 15) is 19.7 Å². The smallest absolute Gasteiger partial charge is 0.469 e. The molecule has 1 amide bonds. The van der Waals surface area contributed by atoms with Crippen molar-refractivity contribution in [3.05, 3.63) is 10.1 Å². The molecule has 0 aromatic heterocycles. The average Bonchev–Trinajstić information content (AvgIpc) is 2.29. The van der Waals surface area contributed by atoms with Gasteiger partial charge in [-0.15, -0.1) is 0 Å². The molecule has 0 bridgehead atoms. The summed E-state index contributed by atoms with van der Waals surface area (Å²) < 4.78 is 4.85. The third kappa shape index (κ3) is 7.26. The zero-order valence-corrected chi connectivity index (χ0v) is 12.7. The number of hydrazine groups is 1. The topological polar surface area (TPSA) is 174 Å². The zero-order chi connectivity index (χ0) is 17.5. The lowest BCUT2D eigenvalue weighted by Crippen LogP contribution is -2.50. The summed E-state index contributed by atoms with van der Waals surface area (Å²) in [5.74, 6) is -1.70. The largest absolute Gasteiger partial charge is 0.480 e. The summed E-state index contributed by atoms with van der Waals surface area (Å²) >= 11 is 0. The number of hydrogen-bond donors (Lipinski definition) is 3. The van der Waals surface area contributed by atoms with Crippen molar-refractivity contribution < 1.29 is 24.5 Å². The van der Waals surface area contributed by atoms with Crippen molar-refractivity contribution in [2.24, 2.45) is 16.5 Å². The summed E-state index contributed by atoms with van der Waals surface area (Å²) in [6.45, 7) is 4.62. The monoisotopic (exact) mass is 319 g/mol. The third-order valence-electron chi connectivity index (χ3n) is 2.27. The Kier molecular flexibility index (Phi) is 7.06. The first-order chi connectivity index (χ1) is 9.95. The van der Waals surface area contributed by atoms with Gasteiger partial charge in [0.2, 0.25) is 0 Å². The first-order valence-corrected chi connectivity index (χ1v) is 6.40. The number of carbonyl (C=O) groups excluding carboxylic acids is 1. The summed E-state index contributed by atoms with van der Waals surface area (Å²) in [5, 5.41) is 19.0. The fourth-order valence-corrected chi connectivity index (χ4v) is 1.46. The van der Waals surface area contributed by atoms with Gasteiger partial charge in [-0.25, -0.2) is 19.7 Å². The molecule has 0 spiro atoms. The van der Waals surface area contributed by atoms with Crippen molar-refractivity contribution in [2.75, 3.05) is 6.54 Å². The quantitative estimate of drug-likeness (QED) is 0.192. The summed E-state index contributed by atoms with van der Waals surface area (Å²) in [6.07, 6.45) is -1.40. The summed E-state index contributed by atoms with van der Waals surface area (Å²) in [4.78, 5) is 37.7. The van der Waals surface area contributed by atoms with Gasteiger partial charge in [-0.1, -0.05) is 0 Å². The highest BCUT2D eigenvalue weighted by molar-refractivity contribution is 5.79. The number of aliphatic carboxylic acids is 1. The molecule has 0 unspecified atom stereocenters. The van der Waals surface area contributed by atoms with Gasteiger partial charge in [0.15, 0.2) is 17.0 Å². The van der Waals surface area contributed by atoms with Crippen LogP contribution in [0.4, 0.5) is 4.79 Å². The molecule has 5 N–H and O–H groups in total. The minimum absolute atomic E-state index is 0.0386. The van der Waals surface area contributed by atoms with Crippen LogP contribution in [-0.2, 0) is 9.53 Å². The molecule has 0 aromatic rings.